The van der Waals surface area contributed by atoms with E-state index in [0.717, 1.165) is 11.0 Å². The van der Waals surface area contributed by atoms with Crippen molar-refractivity contribution in [3.63, 3.8) is 0 Å². The molecule has 0 amide bonds. The number of rotatable bonds is 2. The largest absolute Gasteiger partial charge is 0.360 e. The molecule has 0 saturated heterocycles. The lowest BCUT2D eigenvalue weighted by atomic mass is 10.1. The molecule has 4 rings (SSSR count). The highest BCUT2D eigenvalue weighted by Crippen LogP contribution is 2.31. The van der Waals surface area contributed by atoms with Crippen LogP contribution in [0.3, 0.4) is 0 Å². The number of aromatic nitrogens is 3. The zero-order valence-electron chi connectivity index (χ0n) is 12.7. The van der Waals surface area contributed by atoms with Crippen LogP contribution in [0.15, 0.2) is 59.4 Å². The lowest BCUT2D eigenvalue weighted by Gasteiger charge is -2.05. The Hall–Kier alpha value is -2.92. The Morgan fingerprint density at radius 3 is 2.71 bits per heavy atom. The summed E-state index contributed by atoms with van der Waals surface area (Å²) >= 11 is 6.25. The number of halogens is 1. The predicted molar refractivity (Wildman–Crippen MR) is 91.1 cm³/mol. The van der Waals surface area contributed by atoms with Gasteiger partial charge >= 0.3 is 0 Å². The van der Waals surface area contributed by atoms with Gasteiger partial charge in [-0.1, -0.05) is 47.1 Å². The first-order valence-electron chi connectivity index (χ1n) is 7.35. The highest BCUT2D eigenvalue weighted by atomic mass is 35.5. The quantitative estimate of drug-likeness (QED) is 0.546. The molecule has 0 spiro atoms. The summed E-state index contributed by atoms with van der Waals surface area (Å²) in [5, 5.41) is 4.55. The number of carbonyl (C=O) groups excluding carboxylic acids is 1. The van der Waals surface area contributed by atoms with Gasteiger partial charge in [0.2, 0.25) is 0 Å². The minimum Gasteiger partial charge on any atom is -0.360 e. The van der Waals surface area contributed by atoms with Crippen LogP contribution in [0.2, 0.25) is 5.02 Å². The number of benzene rings is 2. The summed E-state index contributed by atoms with van der Waals surface area (Å²) in [6, 6.07) is 14.7. The standard InChI is InChI=1S/C18H12ClN3O2/c1-11-16(17(21-24-11)12-6-2-3-7-13(12)19)18(23)22-10-20-14-8-4-5-9-15(14)22/h2-10H,1H3. The van der Waals surface area contributed by atoms with Crippen LogP contribution in [-0.2, 0) is 0 Å². The third-order valence-corrected chi connectivity index (χ3v) is 4.21. The fourth-order valence-electron chi connectivity index (χ4n) is 2.70. The summed E-state index contributed by atoms with van der Waals surface area (Å²) in [6.07, 6.45) is 1.51. The predicted octanol–water partition coefficient (Wildman–Crippen LogP) is 4.34. The van der Waals surface area contributed by atoms with Crippen LogP contribution in [0.4, 0.5) is 0 Å². The average molecular weight is 338 g/mol. The Balaban J connectivity index is 1.90. The summed E-state index contributed by atoms with van der Waals surface area (Å²) in [6.45, 7) is 1.71. The number of fused-ring (bicyclic) bond motifs is 1. The number of carbonyl (C=O) groups is 1. The van der Waals surface area contributed by atoms with E-state index in [4.69, 9.17) is 16.1 Å². The second-order valence-corrected chi connectivity index (χ2v) is 5.76. The van der Waals surface area contributed by atoms with Crippen LogP contribution in [0.25, 0.3) is 22.3 Å². The van der Waals surface area contributed by atoms with E-state index in [1.165, 1.54) is 10.9 Å². The van der Waals surface area contributed by atoms with Crippen LogP contribution in [0.1, 0.15) is 16.1 Å². The second kappa shape index (κ2) is 5.62. The molecule has 5 nitrogen and oxygen atoms in total. The van der Waals surface area contributed by atoms with Gasteiger partial charge in [-0.25, -0.2) is 4.98 Å². The van der Waals surface area contributed by atoms with Crippen molar-refractivity contribution in [2.75, 3.05) is 0 Å². The van der Waals surface area contributed by atoms with Gasteiger partial charge in [-0.3, -0.25) is 9.36 Å². The van der Waals surface area contributed by atoms with Crippen molar-refractivity contribution in [2.45, 2.75) is 6.92 Å². The van der Waals surface area contributed by atoms with E-state index in [-0.39, 0.29) is 5.91 Å². The topological polar surface area (TPSA) is 60.9 Å². The molecule has 0 unspecified atom stereocenters. The van der Waals surface area contributed by atoms with Crippen LogP contribution < -0.4 is 0 Å². The molecule has 0 aliphatic heterocycles. The third-order valence-electron chi connectivity index (χ3n) is 3.88. The zero-order valence-corrected chi connectivity index (χ0v) is 13.5. The third kappa shape index (κ3) is 2.21. The molecule has 0 bridgehead atoms. The second-order valence-electron chi connectivity index (χ2n) is 5.35. The van der Waals surface area contributed by atoms with Gasteiger partial charge in [-0.05, 0) is 25.1 Å². The van der Waals surface area contributed by atoms with Crippen LogP contribution in [0.5, 0.6) is 0 Å². The molecular weight excluding hydrogens is 326 g/mol. The minimum atomic E-state index is -0.252. The summed E-state index contributed by atoms with van der Waals surface area (Å²) in [5.41, 5.74) is 2.95. The highest BCUT2D eigenvalue weighted by molar-refractivity contribution is 6.33. The molecule has 24 heavy (non-hydrogen) atoms. The Labute approximate surface area is 142 Å². The molecule has 0 radical (unpaired) electrons. The van der Waals surface area contributed by atoms with E-state index in [1.54, 1.807) is 13.0 Å². The number of nitrogens with zero attached hydrogens (tertiary/aromatic N) is 3. The van der Waals surface area contributed by atoms with Gasteiger partial charge in [0.15, 0.2) is 0 Å². The van der Waals surface area contributed by atoms with Gasteiger partial charge in [-0.15, -0.1) is 0 Å². The Morgan fingerprint density at radius 1 is 1.12 bits per heavy atom. The molecule has 2 aromatic carbocycles. The smallest absolute Gasteiger partial charge is 0.269 e. The van der Waals surface area contributed by atoms with E-state index >= 15 is 0 Å². The van der Waals surface area contributed by atoms with E-state index in [2.05, 4.69) is 10.1 Å². The lowest BCUT2D eigenvalue weighted by molar-refractivity contribution is 0.0963. The molecule has 0 saturated carbocycles. The van der Waals surface area contributed by atoms with Crippen molar-refractivity contribution in [1.82, 2.24) is 14.7 Å². The van der Waals surface area contributed by atoms with Crippen LogP contribution in [0, 0.1) is 6.92 Å². The van der Waals surface area contributed by atoms with Gasteiger partial charge in [0.1, 0.15) is 23.3 Å². The molecule has 0 aliphatic rings. The number of hydrogen-bond acceptors (Lipinski definition) is 4. The molecule has 118 valence electrons. The summed E-state index contributed by atoms with van der Waals surface area (Å²) in [4.78, 5) is 17.4. The Morgan fingerprint density at radius 2 is 1.88 bits per heavy atom. The summed E-state index contributed by atoms with van der Waals surface area (Å²) < 4.78 is 6.77. The van der Waals surface area contributed by atoms with Crippen molar-refractivity contribution in [3.05, 3.63) is 71.2 Å². The van der Waals surface area contributed by atoms with E-state index in [0.29, 0.717) is 27.6 Å². The minimum absolute atomic E-state index is 0.252. The molecule has 0 N–H and O–H groups in total. The number of para-hydroxylation sites is 2. The summed E-state index contributed by atoms with van der Waals surface area (Å²) in [7, 11) is 0. The van der Waals surface area contributed by atoms with Crippen molar-refractivity contribution < 1.29 is 9.32 Å². The van der Waals surface area contributed by atoms with Crippen molar-refractivity contribution in [2.24, 2.45) is 0 Å². The molecule has 0 aliphatic carbocycles. The van der Waals surface area contributed by atoms with E-state index in [1.807, 2.05) is 42.5 Å². The maximum atomic E-state index is 13.1. The fourth-order valence-corrected chi connectivity index (χ4v) is 2.93. The lowest BCUT2D eigenvalue weighted by Crippen LogP contribution is -2.12. The van der Waals surface area contributed by atoms with Crippen molar-refractivity contribution in [1.29, 1.82) is 0 Å². The monoisotopic (exact) mass is 337 g/mol. The molecule has 2 heterocycles. The molecule has 0 atom stereocenters. The Kier molecular flexibility index (Phi) is 3.43. The van der Waals surface area contributed by atoms with Crippen molar-refractivity contribution >= 4 is 28.5 Å². The van der Waals surface area contributed by atoms with Gasteiger partial charge < -0.3 is 4.52 Å². The van der Waals surface area contributed by atoms with E-state index in [9.17, 15) is 4.79 Å². The highest BCUT2D eigenvalue weighted by Gasteiger charge is 2.25. The first-order chi connectivity index (χ1) is 11.7. The SMILES string of the molecule is Cc1onc(-c2ccccc2Cl)c1C(=O)n1cnc2ccccc21. The van der Waals surface area contributed by atoms with Gasteiger partial charge in [0.25, 0.3) is 5.91 Å². The number of hydrogen-bond donors (Lipinski definition) is 0. The van der Waals surface area contributed by atoms with Crippen molar-refractivity contribution in [3.8, 4) is 11.3 Å². The van der Waals surface area contributed by atoms with Gasteiger partial charge in [0.05, 0.1) is 16.1 Å². The van der Waals surface area contributed by atoms with E-state index < -0.39 is 0 Å². The summed E-state index contributed by atoms with van der Waals surface area (Å²) in [5.74, 6) is 0.185. The van der Waals surface area contributed by atoms with Crippen LogP contribution >= 0.6 is 11.6 Å². The normalized spacial score (nSPS) is 11.1. The first-order valence-corrected chi connectivity index (χ1v) is 7.72. The molecule has 6 heteroatoms. The number of imidazole rings is 1. The fraction of sp³-hybridized carbons (Fsp3) is 0.0556. The maximum Gasteiger partial charge on any atom is 0.269 e. The van der Waals surface area contributed by atoms with Gasteiger partial charge in [-0.2, -0.15) is 0 Å². The molecule has 2 aromatic heterocycles. The molecule has 0 fully saturated rings. The van der Waals surface area contributed by atoms with Gasteiger partial charge in [0, 0.05) is 5.56 Å². The molecular formula is C18H12ClN3O2. The zero-order chi connectivity index (χ0) is 16.7. The maximum absolute atomic E-state index is 13.1. The Bertz CT molecular complexity index is 1070. The first kappa shape index (κ1) is 14.7. The average Bonchev–Trinajstić information content (AvgIpc) is 3.18. The van der Waals surface area contributed by atoms with Crippen LogP contribution in [-0.4, -0.2) is 20.6 Å². The molecule has 4 aromatic rings. The number of aryl methyl sites for hydroxylation is 1.